The predicted molar refractivity (Wildman–Crippen MR) is 77.3 cm³/mol. The number of anilines is 1. The number of carbonyl (C=O) groups is 1. The fraction of sp³-hybridized carbons (Fsp3) is 0.0625. The molecule has 2 N–H and O–H groups in total. The van der Waals surface area contributed by atoms with Crippen LogP contribution in [-0.2, 0) is 0 Å². The number of aryl methyl sites for hydroxylation is 1. The molecule has 0 radical (unpaired) electrons. The van der Waals surface area contributed by atoms with Crippen LogP contribution in [0.5, 0.6) is 0 Å². The van der Waals surface area contributed by atoms with Crippen molar-refractivity contribution < 1.29 is 13.6 Å². The monoisotopic (exact) mass is 286 g/mol. The molecule has 106 valence electrons. The number of carbonyl (C=O) groups excluding carboxylic acids is 1. The molecule has 1 heterocycles. The van der Waals surface area contributed by atoms with E-state index in [1.165, 1.54) is 13.0 Å². The lowest BCUT2D eigenvalue weighted by atomic mass is 10.1. The Kier molecular flexibility index (Phi) is 3.17. The predicted octanol–water partition coefficient (Wildman–Crippen LogP) is 4.01. The molecule has 0 saturated heterocycles. The Morgan fingerprint density at radius 1 is 1.14 bits per heavy atom. The summed E-state index contributed by atoms with van der Waals surface area (Å²) in [7, 11) is 0. The second-order valence-electron chi connectivity index (χ2n) is 4.75. The minimum Gasteiger partial charge on any atom is -0.361 e. The summed E-state index contributed by atoms with van der Waals surface area (Å²) in [5, 5.41) is 3.01. The largest absolute Gasteiger partial charge is 0.361 e. The molecule has 3 rings (SSSR count). The lowest BCUT2D eigenvalue weighted by molar-refractivity contribution is 0.102. The van der Waals surface area contributed by atoms with Gasteiger partial charge in [-0.25, -0.2) is 8.78 Å². The number of hydrogen-bond donors (Lipinski definition) is 2. The molecule has 3 aromatic rings. The van der Waals surface area contributed by atoms with E-state index < -0.39 is 23.2 Å². The molecule has 5 heteroatoms. The Morgan fingerprint density at radius 3 is 2.76 bits per heavy atom. The maximum atomic E-state index is 13.9. The number of benzene rings is 2. The molecule has 0 aliphatic rings. The fourth-order valence-corrected chi connectivity index (χ4v) is 2.24. The zero-order chi connectivity index (χ0) is 15.0. The number of amides is 1. The molecule has 1 amide bonds. The van der Waals surface area contributed by atoms with Crippen molar-refractivity contribution in [1.29, 1.82) is 0 Å². The van der Waals surface area contributed by atoms with Crippen molar-refractivity contribution in [1.82, 2.24) is 4.98 Å². The van der Waals surface area contributed by atoms with Crippen LogP contribution in [0.1, 0.15) is 15.9 Å². The maximum Gasteiger partial charge on any atom is 0.256 e. The number of nitrogens with one attached hydrogen (secondary N) is 2. The van der Waals surface area contributed by atoms with E-state index in [1.54, 1.807) is 24.4 Å². The summed E-state index contributed by atoms with van der Waals surface area (Å²) in [5.74, 6) is -2.11. The summed E-state index contributed by atoms with van der Waals surface area (Å²) in [6.45, 7) is 1.51. The van der Waals surface area contributed by atoms with E-state index in [0.29, 0.717) is 10.9 Å². The highest BCUT2D eigenvalue weighted by Gasteiger charge is 2.17. The van der Waals surface area contributed by atoms with Crippen LogP contribution in [0.2, 0.25) is 0 Å². The molecular weight excluding hydrogens is 274 g/mol. The zero-order valence-electron chi connectivity index (χ0n) is 11.2. The van der Waals surface area contributed by atoms with Crippen molar-refractivity contribution in [3.05, 3.63) is 65.4 Å². The molecule has 0 atom stereocenters. The zero-order valence-corrected chi connectivity index (χ0v) is 11.2. The molecule has 0 fully saturated rings. The van der Waals surface area contributed by atoms with Gasteiger partial charge in [-0.15, -0.1) is 0 Å². The second kappa shape index (κ2) is 5.01. The first-order chi connectivity index (χ1) is 10.1. The van der Waals surface area contributed by atoms with Crippen molar-refractivity contribution in [3.63, 3.8) is 0 Å². The Morgan fingerprint density at radius 2 is 1.95 bits per heavy atom. The van der Waals surface area contributed by atoms with Gasteiger partial charge in [0.1, 0.15) is 11.5 Å². The topological polar surface area (TPSA) is 44.9 Å². The summed E-state index contributed by atoms with van der Waals surface area (Å²) < 4.78 is 27.6. The summed E-state index contributed by atoms with van der Waals surface area (Å²) in [6.07, 6.45) is 1.70. The van der Waals surface area contributed by atoms with E-state index in [1.807, 2.05) is 6.07 Å². The van der Waals surface area contributed by atoms with E-state index in [-0.39, 0.29) is 5.56 Å². The van der Waals surface area contributed by atoms with Gasteiger partial charge in [-0.1, -0.05) is 12.1 Å². The minimum absolute atomic E-state index is 0.270. The van der Waals surface area contributed by atoms with Crippen LogP contribution < -0.4 is 5.32 Å². The SMILES string of the molecule is Cc1ccc(F)c(NC(=O)c2cccc3[nH]ccc23)c1F. The third-order valence-corrected chi connectivity index (χ3v) is 3.36. The van der Waals surface area contributed by atoms with Gasteiger partial charge in [-0.3, -0.25) is 4.79 Å². The third kappa shape index (κ3) is 2.27. The average Bonchev–Trinajstić information content (AvgIpc) is 2.95. The smallest absolute Gasteiger partial charge is 0.256 e. The molecule has 0 saturated carbocycles. The molecule has 0 unspecified atom stereocenters. The van der Waals surface area contributed by atoms with Gasteiger partial charge in [-0.2, -0.15) is 0 Å². The number of aromatic amines is 1. The van der Waals surface area contributed by atoms with Gasteiger partial charge in [0.05, 0.1) is 0 Å². The highest BCUT2D eigenvalue weighted by atomic mass is 19.1. The van der Waals surface area contributed by atoms with Crippen LogP contribution in [0.25, 0.3) is 10.9 Å². The van der Waals surface area contributed by atoms with Crippen LogP contribution in [0.4, 0.5) is 14.5 Å². The Labute approximate surface area is 119 Å². The molecule has 0 aliphatic heterocycles. The van der Waals surface area contributed by atoms with Crippen molar-refractivity contribution in [3.8, 4) is 0 Å². The van der Waals surface area contributed by atoms with E-state index in [0.717, 1.165) is 11.6 Å². The molecule has 2 aromatic carbocycles. The normalized spacial score (nSPS) is 10.8. The highest BCUT2D eigenvalue weighted by molar-refractivity contribution is 6.12. The lowest BCUT2D eigenvalue weighted by Crippen LogP contribution is -2.15. The van der Waals surface area contributed by atoms with Crippen LogP contribution in [0.3, 0.4) is 0 Å². The standard InChI is InChI=1S/C16H12F2N2O/c1-9-5-6-12(17)15(14(9)18)20-16(21)11-3-2-4-13-10(11)7-8-19-13/h2-8,19H,1H3,(H,20,21). The van der Waals surface area contributed by atoms with Crippen LogP contribution in [0.15, 0.2) is 42.6 Å². The Balaban J connectivity index is 2.01. The number of aromatic nitrogens is 1. The Hall–Kier alpha value is -2.69. The highest BCUT2D eigenvalue weighted by Crippen LogP contribution is 2.24. The van der Waals surface area contributed by atoms with Gasteiger partial charge in [0.15, 0.2) is 5.82 Å². The summed E-state index contributed by atoms with van der Waals surface area (Å²) >= 11 is 0. The van der Waals surface area contributed by atoms with Crippen molar-refractivity contribution >= 4 is 22.5 Å². The molecule has 0 spiro atoms. The maximum absolute atomic E-state index is 13.9. The van der Waals surface area contributed by atoms with Gasteiger partial charge in [0.2, 0.25) is 0 Å². The molecule has 1 aromatic heterocycles. The number of fused-ring (bicyclic) bond motifs is 1. The first-order valence-corrected chi connectivity index (χ1v) is 6.40. The van der Waals surface area contributed by atoms with Gasteiger partial charge in [0, 0.05) is 22.7 Å². The second-order valence-corrected chi connectivity index (χ2v) is 4.75. The fourth-order valence-electron chi connectivity index (χ4n) is 2.24. The summed E-state index contributed by atoms with van der Waals surface area (Å²) in [5.41, 5.74) is 0.987. The summed E-state index contributed by atoms with van der Waals surface area (Å²) in [6, 6.07) is 9.33. The van der Waals surface area contributed by atoms with Crippen molar-refractivity contribution in [2.45, 2.75) is 6.92 Å². The van der Waals surface area contributed by atoms with E-state index >= 15 is 0 Å². The molecule has 3 nitrogen and oxygen atoms in total. The Bertz CT molecular complexity index is 839. The van der Waals surface area contributed by atoms with E-state index in [2.05, 4.69) is 10.3 Å². The van der Waals surface area contributed by atoms with E-state index in [9.17, 15) is 13.6 Å². The average molecular weight is 286 g/mol. The van der Waals surface area contributed by atoms with Gasteiger partial charge >= 0.3 is 0 Å². The molecule has 0 bridgehead atoms. The lowest BCUT2D eigenvalue weighted by Gasteiger charge is -2.10. The summed E-state index contributed by atoms with van der Waals surface area (Å²) in [4.78, 5) is 15.3. The van der Waals surface area contributed by atoms with Crippen LogP contribution in [0, 0.1) is 18.6 Å². The van der Waals surface area contributed by atoms with E-state index in [4.69, 9.17) is 0 Å². The number of H-pyrrole nitrogens is 1. The van der Waals surface area contributed by atoms with Gasteiger partial charge in [0.25, 0.3) is 5.91 Å². The number of hydrogen-bond acceptors (Lipinski definition) is 1. The van der Waals surface area contributed by atoms with Crippen LogP contribution >= 0.6 is 0 Å². The van der Waals surface area contributed by atoms with Crippen molar-refractivity contribution in [2.24, 2.45) is 0 Å². The first kappa shape index (κ1) is 13.3. The first-order valence-electron chi connectivity index (χ1n) is 6.40. The van der Waals surface area contributed by atoms with Gasteiger partial charge in [-0.05, 0) is 36.8 Å². The number of rotatable bonds is 2. The quantitative estimate of drug-likeness (QED) is 0.734. The van der Waals surface area contributed by atoms with Gasteiger partial charge < -0.3 is 10.3 Å². The third-order valence-electron chi connectivity index (χ3n) is 3.36. The minimum atomic E-state index is -0.798. The van der Waals surface area contributed by atoms with Crippen molar-refractivity contribution in [2.75, 3.05) is 5.32 Å². The molecular formula is C16H12F2N2O. The molecule has 21 heavy (non-hydrogen) atoms. The molecule has 0 aliphatic carbocycles. The van der Waals surface area contributed by atoms with Crippen LogP contribution in [-0.4, -0.2) is 10.9 Å². The number of halogens is 2.